The molecule has 2 nitrogen and oxygen atoms in total. The molecular weight excluding hydrogens is 220 g/mol. The molecule has 3 rings (SSSR count). The molecule has 1 aliphatic carbocycles. The minimum atomic E-state index is 0.614. The predicted molar refractivity (Wildman–Crippen MR) is 66.4 cm³/mol. The van der Waals surface area contributed by atoms with Crippen LogP contribution in [0.1, 0.15) is 17.5 Å². The van der Waals surface area contributed by atoms with Gasteiger partial charge in [0.25, 0.3) is 0 Å². The average molecular weight is 235 g/mol. The molecule has 84 valence electrons. The first-order valence-corrected chi connectivity index (χ1v) is 6.17. The summed E-state index contributed by atoms with van der Waals surface area (Å²) in [7, 11) is 0. The Kier molecular flexibility index (Phi) is 2.49. The van der Waals surface area contributed by atoms with E-state index in [1.54, 1.807) is 0 Å². The first-order chi connectivity index (χ1) is 7.75. The number of nitrogens with zero attached hydrogens (tertiary/aromatic N) is 1. The van der Waals surface area contributed by atoms with E-state index in [0.29, 0.717) is 11.1 Å². The van der Waals surface area contributed by atoms with E-state index < -0.39 is 0 Å². The summed E-state index contributed by atoms with van der Waals surface area (Å²) in [5.74, 6) is 1.48. The van der Waals surface area contributed by atoms with Gasteiger partial charge in [-0.15, -0.1) is 0 Å². The number of pyridine rings is 1. The molecule has 1 N–H and O–H groups in total. The van der Waals surface area contributed by atoms with Crippen molar-refractivity contribution in [2.24, 2.45) is 11.8 Å². The topological polar surface area (TPSA) is 24.9 Å². The van der Waals surface area contributed by atoms with Gasteiger partial charge in [-0.1, -0.05) is 17.7 Å². The van der Waals surface area contributed by atoms with Crippen LogP contribution in [0, 0.1) is 18.8 Å². The average Bonchev–Trinajstić information content (AvgIpc) is 2.83. The molecule has 2 atom stereocenters. The Morgan fingerprint density at radius 1 is 1.44 bits per heavy atom. The van der Waals surface area contributed by atoms with Gasteiger partial charge in [0.1, 0.15) is 5.15 Å². The third kappa shape index (κ3) is 1.57. The molecule has 0 amide bonds. The Morgan fingerprint density at radius 2 is 2.31 bits per heavy atom. The molecule has 16 heavy (non-hydrogen) atoms. The standard InChI is InChI=1S/C13H15ClN2/c1-8-4-10(6-16-13(8)14)11-3-2-9-5-15-7-12(9)11/h3-4,6,9,12,15H,2,5,7H2,1H3/t9-,12+/m0/s1. The normalized spacial score (nSPS) is 28.0. The smallest absolute Gasteiger partial charge is 0.131 e. The number of hydrogen-bond acceptors (Lipinski definition) is 2. The molecule has 2 aliphatic rings. The van der Waals surface area contributed by atoms with Crippen LogP contribution in [0.15, 0.2) is 18.3 Å². The van der Waals surface area contributed by atoms with E-state index >= 15 is 0 Å². The van der Waals surface area contributed by atoms with Crippen molar-refractivity contribution in [2.45, 2.75) is 13.3 Å². The lowest BCUT2D eigenvalue weighted by Gasteiger charge is -2.13. The molecule has 1 aromatic rings. The van der Waals surface area contributed by atoms with E-state index in [1.807, 2.05) is 13.1 Å². The largest absolute Gasteiger partial charge is 0.316 e. The Bertz CT molecular complexity index is 453. The number of allylic oxidation sites excluding steroid dienone is 1. The summed E-state index contributed by atoms with van der Waals surface area (Å²) in [6.07, 6.45) is 5.48. The SMILES string of the molecule is Cc1cc(C2=CC[C@H]3CNC[C@@H]23)cnc1Cl. The van der Waals surface area contributed by atoms with Crippen molar-refractivity contribution in [3.63, 3.8) is 0 Å². The van der Waals surface area contributed by atoms with Gasteiger partial charge in [0.15, 0.2) is 0 Å². The monoisotopic (exact) mass is 234 g/mol. The van der Waals surface area contributed by atoms with Crippen LogP contribution in [0.3, 0.4) is 0 Å². The van der Waals surface area contributed by atoms with E-state index in [-0.39, 0.29) is 0 Å². The number of rotatable bonds is 1. The lowest BCUT2D eigenvalue weighted by Crippen LogP contribution is -2.10. The van der Waals surface area contributed by atoms with Crippen LogP contribution >= 0.6 is 11.6 Å². The van der Waals surface area contributed by atoms with Crippen molar-refractivity contribution < 1.29 is 0 Å². The summed E-state index contributed by atoms with van der Waals surface area (Å²) in [6, 6.07) is 2.15. The highest BCUT2D eigenvalue weighted by molar-refractivity contribution is 6.30. The molecule has 0 radical (unpaired) electrons. The Balaban J connectivity index is 1.95. The van der Waals surface area contributed by atoms with Crippen molar-refractivity contribution in [1.82, 2.24) is 10.3 Å². The second-order valence-electron chi connectivity index (χ2n) is 4.75. The van der Waals surface area contributed by atoms with Gasteiger partial charge in [0, 0.05) is 18.7 Å². The first kappa shape index (κ1) is 10.3. The fourth-order valence-electron chi connectivity index (χ4n) is 2.82. The van der Waals surface area contributed by atoms with Crippen molar-refractivity contribution >= 4 is 17.2 Å². The maximum Gasteiger partial charge on any atom is 0.131 e. The second kappa shape index (κ2) is 3.86. The van der Waals surface area contributed by atoms with Gasteiger partial charge in [-0.25, -0.2) is 4.98 Å². The van der Waals surface area contributed by atoms with Crippen LogP contribution in [-0.4, -0.2) is 18.1 Å². The maximum absolute atomic E-state index is 5.96. The van der Waals surface area contributed by atoms with Crippen molar-refractivity contribution in [3.05, 3.63) is 34.6 Å². The van der Waals surface area contributed by atoms with E-state index in [0.717, 1.165) is 24.6 Å². The zero-order valence-electron chi connectivity index (χ0n) is 9.33. The number of hydrogen-bond donors (Lipinski definition) is 1. The van der Waals surface area contributed by atoms with Gasteiger partial charge in [0.05, 0.1) is 0 Å². The minimum Gasteiger partial charge on any atom is -0.316 e. The maximum atomic E-state index is 5.96. The zero-order valence-corrected chi connectivity index (χ0v) is 10.1. The number of halogens is 1. The summed E-state index contributed by atoms with van der Waals surface area (Å²) in [5, 5.41) is 4.08. The van der Waals surface area contributed by atoms with Crippen molar-refractivity contribution in [1.29, 1.82) is 0 Å². The van der Waals surface area contributed by atoms with Gasteiger partial charge in [0.2, 0.25) is 0 Å². The lowest BCUT2D eigenvalue weighted by molar-refractivity contribution is 0.542. The summed E-state index contributed by atoms with van der Waals surface area (Å²) in [6.45, 7) is 4.28. The van der Waals surface area contributed by atoms with Crippen LogP contribution in [0.2, 0.25) is 5.15 Å². The highest BCUT2D eigenvalue weighted by Crippen LogP contribution is 2.40. The van der Waals surface area contributed by atoms with Crippen LogP contribution in [0.4, 0.5) is 0 Å². The third-order valence-corrected chi connectivity index (χ3v) is 4.12. The van der Waals surface area contributed by atoms with Crippen LogP contribution in [0.5, 0.6) is 0 Å². The fourth-order valence-corrected chi connectivity index (χ4v) is 2.93. The molecule has 3 heteroatoms. The zero-order chi connectivity index (χ0) is 11.1. The summed E-state index contributed by atoms with van der Waals surface area (Å²) >= 11 is 5.96. The van der Waals surface area contributed by atoms with E-state index in [4.69, 9.17) is 11.6 Å². The van der Waals surface area contributed by atoms with E-state index in [2.05, 4.69) is 22.4 Å². The lowest BCUT2D eigenvalue weighted by atomic mass is 9.91. The summed E-state index contributed by atoms with van der Waals surface area (Å²) in [4.78, 5) is 4.24. The highest BCUT2D eigenvalue weighted by atomic mass is 35.5. The van der Waals surface area contributed by atoms with E-state index in [9.17, 15) is 0 Å². The Labute approximate surface area is 101 Å². The van der Waals surface area contributed by atoms with Crippen LogP contribution in [0.25, 0.3) is 5.57 Å². The number of nitrogens with one attached hydrogen (secondary N) is 1. The second-order valence-corrected chi connectivity index (χ2v) is 5.11. The molecule has 0 saturated carbocycles. The molecule has 1 saturated heterocycles. The molecular formula is C13H15ClN2. The number of aromatic nitrogens is 1. The molecule has 0 spiro atoms. The third-order valence-electron chi connectivity index (χ3n) is 3.73. The fraction of sp³-hybridized carbons (Fsp3) is 0.462. The first-order valence-electron chi connectivity index (χ1n) is 5.79. The number of aryl methyl sites for hydroxylation is 1. The highest BCUT2D eigenvalue weighted by Gasteiger charge is 2.34. The molecule has 1 aromatic heterocycles. The molecule has 1 aliphatic heterocycles. The summed E-state index contributed by atoms with van der Waals surface area (Å²) < 4.78 is 0. The van der Waals surface area contributed by atoms with Gasteiger partial charge >= 0.3 is 0 Å². The minimum absolute atomic E-state index is 0.614. The quantitative estimate of drug-likeness (QED) is 0.756. The summed E-state index contributed by atoms with van der Waals surface area (Å²) in [5.41, 5.74) is 3.77. The Hall–Kier alpha value is -0.860. The van der Waals surface area contributed by atoms with Crippen LogP contribution < -0.4 is 5.32 Å². The molecule has 2 heterocycles. The number of fused-ring (bicyclic) bond motifs is 1. The predicted octanol–water partition coefficient (Wildman–Crippen LogP) is 2.67. The molecule has 0 unspecified atom stereocenters. The molecule has 1 fully saturated rings. The van der Waals surface area contributed by atoms with E-state index in [1.165, 1.54) is 17.6 Å². The molecule has 0 bridgehead atoms. The van der Waals surface area contributed by atoms with Crippen LogP contribution in [-0.2, 0) is 0 Å². The van der Waals surface area contributed by atoms with Gasteiger partial charge < -0.3 is 5.32 Å². The van der Waals surface area contributed by atoms with Gasteiger partial charge in [-0.05, 0) is 48.6 Å². The molecule has 0 aromatic carbocycles. The van der Waals surface area contributed by atoms with Crippen molar-refractivity contribution in [3.8, 4) is 0 Å². The van der Waals surface area contributed by atoms with Gasteiger partial charge in [-0.2, -0.15) is 0 Å². The van der Waals surface area contributed by atoms with Gasteiger partial charge in [-0.3, -0.25) is 0 Å². The Morgan fingerprint density at radius 3 is 3.12 bits per heavy atom. The van der Waals surface area contributed by atoms with Crippen molar-refractivity contribution in [2.75, 3.05) is 13.1 Å².